The van der Waals surface area contributed by atoms with Gasteiger partial charge in [0.1, 0.15) is 5.82 Å². The van der Waals surface area contributed by atoms with Crippen LogP contribution in [0.4, 0.5) is 10.1 Å². The topological polar surface area (TPSA) is 62.3 Å². The van der Waals surface area contributed by atoms with Crippen LogP contribution in [0.1, 0.15) is 12.1 Å². The van der Waals surface area contributed by atoms with Crippen molar-refractivity contribution in [3.63, 3.8) is 0 Å². The Balaban J connectivity index is 1.32. The summed E-state index contributed by atoms with van der Waals surface area (Å²) in [4.78, 5) is 31.3. The van der Waals surface area contributed by atoms with Gasteiger partial charge in [-0.15, -0.1) is 0 Å². The van der Waals surface area contributed by atoms with E-state index in [1.165, 1.54) is 17.0 Å². The molecule has 4 unspecified atom stereocenters. The van der Waals surface area contributed by atoms with Gasteiger partial charge in [-0.1, -0.05) is 12.2 Å². The summed E-state index contributed by atoms with van der Waals surface area (Å²) < 4.78 is 13.6. The highest BCUT2D eigenvalue weighted by Gasteiger charge is 2.58. The lowest BCUT2D eigenvalue weighted by Gasteiger charge is -2.18. The van der Waals surface area contributed by atoms with Crippen LogP contribution in [0, 0.1) is 36.4 Å². The van der Waals surface area contributed by atoms with Gasteiger partial charge in [0.15, 0.2) is 0 Å². The van der Waals surface area contributed by atoms with E-state index in [1.807, 2.05) is 13.0 Å². The molecule has 1 saturated carbocycles. The third kappa shape index (κ3) is 2.46. The second kappa shape index (κ2) is 5.87. The SMILES string of the molecule is Cc1cc(NCCN2C(=O)C3C4C=CC(C4)C3C2=O)c2cc(F)ccc2n1. The fourth-order valence-electron chi connectivity index (χ4n) is 4.96. The van der Waals surface area contributed by atoms with Gasteiger partial charge in [0.2, 0.25) is 11.8 Å². The van der Waals surface area contributed by atoms with Gasteiger partial charge in [0.05, 0.1) is 17.4 Å². The molecule has 0 radical (unpaired) electrons. The predicted octanol–water partition coefficient (Wildman–Crippen LogP) is 2.90. The molecule has 4 atom stereocenters. The van der Waals surface area contributed by atoms with E-state index >= 15 is 0 Å². The zero-order valence-corrected chi connectivity index (χ0v) is 15.0. The quantitative estimate of drug-likeness (QED) is 0.669. The number of likely N-dealkylation sites (tertiary alicyclic amines) is 1. The van der Waals surface area contributed by atoms with Gasteiger partial charge in [-0.25, -0.2) is 4.39 Å². The average molecular weight is 365 g/mol. The van der Waals surface area contributed by atoms with E-state index in [1.54, 1.807) is 6.07 Å². The molecule has 2 aliphatic carbocycles. The third-order valence-corrected chi connectivity index (χ3v) is 6.11. The Labute approximate surface area is 156 Å². The number of imide groups is 1. The number of nitrogens with one attached hydrogen (secondary N) is 1. The molecule has 138 valence electrons. The van der Waals surface area contributed by atoms with Crippen molar-refractivity contribution in [3.8, 4) is 0 Å². The molecule has 1 aromatic carbocycles. The summed E-state index contributed by atoms with van der Waals surface area (Å²) in [6.07, 6.45) is 5.13. The van der Waals surface area contributed by atoms with Gasteiger partial charge >= 0.3 is 0 Å². The number of benzene rings is 1. The molecule has 1 saturated heterocycles. The highest BCUT2D eigenvalue weighted by molar-refractivity contribution is 6.06. The summed E-state index contributed by atoms with van der Waals surface area (Å²) in [6, 6.07) is 6.35. The molecular weight excluding hydrogens is 345 g/mol. The normalized spacial score (nSPS) is 28.4. The van der Waals surface area contributed by atoms with Gasteiger partial charge in [0.25, 0.3) is 0 Å². The summed E-state index contributed by atoms with van der Waals surface area (Å²) in [5, 5.41) is 3.95. The lowest BCUT2D eigenvalue weighted by Crippen LogP contribution is -2.36. The average Bonchev–Trinajstić information content (AvgIpc) is 3.31. The summed E-state index contributed by atoms with van der Waals surface area (Å²) in [7, 11) is 0. The molecule has 2 heterocycles. The summed E-state index contributed by atoms with van der Waals surface area (Å²) in [5.74, 6) is -0.266. The van der Waals surface area contributed by atoms with Crippen molar-refractivity contribution in [2.24, 2.45) is 23.7 Å². The van der Waals surface area contributed by atoms with Crippen LogP contribution in [-0.2, 0) is 9.59 Å². The number of hydrogen-bond acceptors (Lipinski definition) is 4. The first kappa shape index (κ1) is 16.4. The molecule has 2 bridgehead atoms. The molecule has 1 aromatic heterocycles. The van der Waals surface area contributed by atoms with E-state index in [9.17, 15) is 14.0 Å². The van der Waals surface area contributed by atoms with Crippen molar-refractivity contribution in [2.45, 2.75) is 13.3 Å². The number of pyridine rings is 1. The Kier molecular flexibility index (Phi) is 3.57. The van der Waals surface area contributed by atoms with Crippen molar-refractivity contribution in [1.29, 1.82) is 0 Å². The number of fused-ring (bicyclic) bond motifs is 6. The number of rotatable bonds is 4. The van der Waals surface area contributed by atoms with Crippen LogP contribution >= 0.6 is 0 Å². The maximum absolute atomic E-state index is 13.6. The maximum Gasteiger partial charge on any atom is 0.233 e. The van der Waals surface area contributed by atoms with Gasteiger partial charge < -0.3 is 5.32 Å². The molecule has 1 aliphatic heterocycles. The maximum atomic E-state index is 13.6. The minimum Gasteiger partial charge on any atom is -0.383 e. The van der Waals surface area contributed by atoms with Gasteiger partial charge in [0, 0.05) is 29.9 Å². The number of nitrogens with zero attached hydrogens (tertiary/aromatic N) is 2. The number of allylic oxidation sites excluding steroid dienone is 2. The highest BCUT2D eigenvalue weighted by Crippen LogP contribution is 2.52. The molecule has 1 N–H and O–H groups in total. The van der Waals surface area contributed by atoms with E-state index < -0.39 is 0 Å². The summed E-state index contributed by atoms with van der Waals surface area (Å²) in [5.41, 5.74) is 2.30. The Morgan fingerprint density at radius 3 is 2.56 bits per heavy atom. The number of carbonyl (C=O) groups is 2. The van der Waals surface area contributed by atoms with Gasteiger partial charge in [-0.2, -0.15) is 0 Å². The van der Waals surface area contributed by atoms with Crippen molar-refractivity contribution in [2.75, 3.05) is 18.4 Å². The van der Waals surface area contributed by atoms with Crippen LogP contribution < -0.4 is 5.32 Å². The third-order valence-electron chi connectivity index (χ3n) is 6.11. The van der Waals surface area contributed by atoms with E-state index in [-0.39, 0.29) is 41.3 Å². The molecule has 5 nitrogen and oxygen atoms in total. The number of halogens is 1. The van der Waals surface area contributed by atoms with Crippen LogP contribution in [-0.4, -0.2) is 34.8 Å². The number of aryl methyl sites for hydroxylation is 1. The largest absolute Gasteiger partial charge is 0.383 e. The molecule has 5 rings (SSSR count). The van der Waals surface area contributed by atoms with E-state index in [2.05, 4.69) is 22.5 Å². The van der Waals surface area contributed by atoms with Crippen LogP contribution in [0.3, 0.4) is 0 Å². The number of hydrogen-bond donors (Lipinski definition) is 1. The number of anilines is 1. The van der Waals surface area contributed by atoms with Crippen LogP contribution in [0.25, 0.3) is 10.9 Å². The first-order chi connectivity index (χ1) is 13.0. The van der Waals surface area contributed by atoms with E-state index in [4.69, 9.17) is 0 Å². The van der Waals surface area contributed by atoms with Crippen molar-refractivity contribution >= 4 is 28.4 Å². The molecule has 6 heteroatoms. The first-order valence-electron chi connectivity index (χ1n) is 9.37. The van der Waals surface area contributed by atoms with Gasteiger partial charge in [-0.3, -0.25) is 19.5 Å². The highest BCUT2D eigenvalue weighted by atomic mass is 19.1. The molecule has 2 aromatic rings. The summed E-state index contributed by atoms with van der Waals surface area (Å²) >= 11 is 0. The predicted molar refractivity (Wildman–Crippen MR) is 99.4 cm³/mol. The van der Waals surface area contributed by atoms with Gasteiger partial charge in [-0.05, 0) is 49.4 Å². The molecule has 27 heavy (non-hydrogen) atoms. The number of carbonyl (C=O) groups excluding carboxylic acids is 2. The fraction of sp³-hybridized carbons (Fsp3) is 0.381. The monoisotopic (exact) mass is 365 g/mol. The zero-order chi connectivity index (χ0) is 18.7. The molecule has 0 spiro atoms. The van der Waals surface area contributed by atoms with E-state index in [0.29, 0.717) is 24.0 Å². The van der Waals surface area contributed by atoms with Crippen LogP contribution in [0.15, 0.2) is 36.4 Å². The zero-order valence-electron chi connectivity index (χ0n) is 15.0. The van der Waals surface area contributed by atoms with Crippen LogP contribution in [0.2, 0.25) is 0 Å². The Morgan fingerprint density at radius 2 is 1.85 bits per heavy atom. The molecule has 3 aliphatic rings. The Morgan fingerprint density at radius 1 is 1.15 bits per heavy atom. The number of amides is 2. The minimum absolute atomic E-state index is 0.0366. The second-order valence-corrected chi connectivity index (χ2v) is 7.73. The lowest BCUT2D eigenvalue weighted by molar-refractivity contribution is -0.140. The molecular formula is C21H20FN3O2. The molecule has 2 fully saturated rings. The Hall–Kier alpha value is -2.76. The van der Waals surface area contributed by atoms with E-state index in [0.717, 1.165) is 17.8 Å². The first-order valence-corrected chi connectivity index (χ1v) is 9.37. The van der Waals surface area contributed by atoms with Crippen molar-refractivity contribution in [1.82, 2.24) is 9.88 Å². The number of aromatic nitrogens is 1. The second-order valence-electron chi connectivity index (χ2n) is 7.73. The Bertz CT molecular complexity index is 972. The van der Waals surface area contributed by atoms with Crippen molar-refractivity contribution < 1.29 is 14.0 Å². The minimum atomic E-state index is -0.322. The lowest BCUT2D eigenvalue weighted by atomic mass is 9.85. The molecule has 2 amide bonds. The van der Waals surface area contributed by atoms with Crippen LogP contribution in [0.5, 0.6) is 0 Å². The summed E-state index contributed by atoms with van der Waals surface area (Å²) in [6.45, 7) is 2.63. The standard InChI is InChI=1S/C21H20FN3O2/c1-11-8-17(15-10-14(22)4-5-16(15)24-11)23-6-7-25-20(26)18-12-2-3-13(9-12)19(18)21(25)27/h2-5,8,10,12-13,18-19H,6-7,9H2,1H3,(H,23,24). The fourth-order valence-corrected chi connectivity index (χ4v) is 4.96. The van der Waals surface area contributed by atoms with Crippen molar-refractivity contribution in [3.05, 3.63) is 47.9 Å². The smallest absolute Gasteiger partial charge is 0.233 e.